The molecule has 6 nitrogen and oxygen atoms in total. The second kappa shape index (κ2) is 5.26. The molecule has 1 N–H and O–H groups in total. The summed E-state index contributed by atoms with van der Waals surface area (Å²) in [5.74, 6) is -0.121. The molecule has 1 amide bonds. The molecule has 0 aromatic carbocycles. The first-order valence-electron chi connectivity index (χ1n) is 6.35. The molecule has 0 aliphatic rings. The fourth-order valence-electron chi connectivity index (χ4n) is 1.85. The molecule has 0 aliphatic carbocycles. The molecule has 0 fully saturated rings. The third-order valence-corrected chi connectivity index (χ3v) is 3.26. The quantitative estimate of drug-likeness (QED) is 0.905. The number of hydrogen-bond donors (Lipinski definition) is 1. The summed E-state index contributed by atoms with van der Waals surface area (Å²) in [6.07, 6.45) is 3.50. The number of carbonyl (C=O) groups excluding carboxylic acids is 1. The summed E-state index contributed by atoms with van der Waals surface area (Å²) in [6, 6.07) is 1.80. The second-order valence-corrected chi connectivity index (χ2v) is 4.56. The highest BCUT2D eigenvalue weighted by atomic mass is 16.1. The van der Waals surface area contributed by atoms with E-state index in [2.05, 4.69) is 15.5 Å². The summed E-state index contributed by atoms with van der Waals surface area (Å²) < 4.78 is 3.53. The molecule has 102 valence electrons. The SMILES string of the molecule is CCn1ccc(C(C)NC(=O)c2cnn(C)c2C)n1. The van der Waals surface area contributed by atoms with Crippen molar-refractivity contribution < 1.29 is 4.79 Å². The highest BCUT2D eigenvalue weighted by Crippen LogP contribution is 2.12. The summed E-state index contributed by atoms with van der Waals surface area (Å²) in [7, 11) is 1.82. The van der Waals surface area contributed by atoms with Gasteiger partial charge in [0.2, 0.25) is 0 Å². The van der Waals surface area contributed by atoms with Crippen LogP contribution in [0.15, 0.2) is 18.5 Å². The summed E-state index contributed by atoms with van der Waals surface area (Å²) in [4.78, 5) is 12.1. The monoisotopic (exact) mass is 261 g/mol. The maximum atomic E-state index is 12.1. The third kappa shape index (κ3) is 2.67. The van der Waals surface area contributed by atoms with Crippen LogP contribution in [0.2, 0.25) is 0 Å². The standard InChI is InChI=1S/C13H19N5O/c1-5-18-7-6-12(16-18)9(2)15-13(19)11-8-14-17(4)10(11)3/h6-9H,5H2,1-4H3,(H,15,19). The summed E-state index contributed by atoms with van der Waals surface area (Å²) in [5.41, 5.74) is 2.31. The maximum Gasteiger partial charge on any atom is 0.255 e. The van der Waals surface area contributed by atoms with Crippen LogP contribution >= 0.6 is 0 Å². The van der Waals surface area contributed by atoms with E-state index < -0.39 is 0 Å². The van der Waals surface area contributed by atoms with Crippen LogP contribution in [0, 0.1) is 6.92 Å². The number of amides is 1. The van der Waals surface area contributed by atoms with E-state index in [9.17, 15) is 4.79 Å². The Balaban J connectivity index is 2.08. The van der Waals surface area contributed by atoms with Gasteiger partial charge < -0.3 is 5.32 Å². The predicted molar refractivity (Wildman–Crippen MR) is 71.7 cm³/mol. The Kier molecular flexibility index (Phi) is 3.69. The summed E-state index contributed by atoms with van der Waals surface area (Å²) >= 11 is 0. The van der Waals surface area contributed by atoms with Crippen LogP contribution in [0.1, 0.15) is 41.6 Å². The van der Waals surface area contributed by atoms with E-state index in [4.69, 9.17) is 0 Å². The van der Waals surface area contributed by atoms with Gasteiger partial charge in [0, 0.05) is 25.5 Å². The average Bonchev–Trinajstić information content (AvgIpc) is 2.98. The lowest BCUT2D eigenvalue weighted by atomic mass is 10.2. The summed E-state index contributed by atoms with van der Waals surface area (Å²) in [5, 5.41) is 11.4. The van der Waals surface area contributed by atoms with Crippen molar-refractivity contribution in [2.45, 2.75) is 33.4 Å². The summed E-state index contributed by atoms with van der Waals surface area (Å²) in [6.45, 7) is 6.64. The normalized spacial score (nSPS) is 12.4. The highest BCUT2D eigenvalue weighted by Gasteiger charge is 2.17. The van der Waals surface area contributed by atoms with Gasteiger partial charge in [-0.1, -0.05) is 0 Å². The number of carbonyl (C=O) groups is 1. The molecule has 2 heterocycles. The van der Waals surface area contributed by atoms with Crippen LogP contribution in [0.5, 0.6) is 0 Å². The van der Waals surface area contributed by atoms with E-state index >= 15 is 0 Å². The predicted octanol–water partition coefficient (Wildman–Crippen LogP) is 1.44. The van der Waals surface area contributed by atoms with Crippen molar-refractivity contribution in [2.24, 2.45) is 7.05 Å². The van der Waals surface area contributed by atoms with Crippen molar-refractivity contribution in [1.82, 2.24) is 24.9 Å². The van der Waals surface area contributed by atoms with Gasteiger partial charge in [-0.2, -0.15) is 10.2 Å². The third-order valence-electron chi connectivity index (χ3n) is 3.26. The van der Waals surface area contributed by atoms with Gasteiger partial charge in [0.15, 0.2) is 0 Å². The first kappa shape index (κ1) is 13.3. The van der Waals surface area contributed by atoms with Gasteiger partial charge in [0.25, 0.3) is 5.91 Å². The number of nitrogens with one attached hydrogen (secondary N) is 1. The Morgan fingerprint density at radius 3 is 2.79 bits per heavy atom. The Bertz CT molecular complexity index is 584. The van der Waals surface area contributed by atoms with E-state index in [-0.39, 0.29) is 11.9 Å². The van der Waals surface area contributed by atoms with Crippen LogP contribution in [0.4, 0.5) is 0 Å². The van der Waals surface area contributed by atoms with E-state index in [1.807, 2.05) is 44.8 Å². The first-order valence-corrected chi connectivity index (χ1v) is 6.35. The Morgan fingerprint density at radius 1 is 1.53 bits per heavy atom. The van der Waals surface area contributed by atoms with Crippen molar-refractivity contribution in [2.75, 3.05) is 0 Å². The largest absolute Gasteiger partial charge is 0.344 e. The van der Waals surface area contributed by atoms with E-state index in [0.29, 0.717) is 5.56 Å². The molecule has 0 radical (unpaired) electrons. The number of rotatable bonds is 4. The molecular weight excluding hydrogens is 242 g/mol. The van der Waals surface area contributed by atoms with Gasteiger partial charge in [0.1, 0.15) is 0 Å². The van der Waals surface area contributed by atoms with Gasteiger partial charge in [0.05, 0.1) is 23.5 Å². The minimum Gasteiger partial charge on any atom is -0.344 e. The molecule has 0 saturated carbocycles. The van der Waals surface area contributed by atoms with Crippen molar-refractivity contribution in [1.29, 1.82) is 0 Å². The van der Waals surface area contributed by atoms with Gasteiger partial charge >= 0.3 is 0 Å². The van der Waals surface area contributed by atoms with E-state index in [1.165, 1.54) is 0 Å². The molecule has 0 saturated heterocycles. The fraction of sp³-hybridized carbons (Fsp3) is 0.462. The van der Waals surface area contributed by atoms with E-state index in [1.54, 1.807) is 10.9 Å². The molecule has 6 heteroatoms. The Hall–Kier alpha value is -2.11. The molecule has 0 aliphatic heterocycles. The minimum absolute atomic E-state index is 0.121. The van der Waals surface area contributed by atoms with Gasteiger partial charge in [-0.05, 0) is 26.8 Å². The van der Waals surface area contributed by atoms with Crippen molar-refractivity contribution in [3.05, 3.63) is 35.4 Å². The molecule has 2 aromatic heterocycles. The number of aryl methyl sites for hydroxylation is 2. The van der Waals surface area contributed by atoms with Crippen LogP contribution in [-0.2, 0) is 13.6 Å². The minimum atomic E-state index is -0.125. The zero-order valence-corrected chi connectivity index (χ0v) is 11.7. The highest BCUT2D eigenvalue weighted by molar-refractivity contribution is 5.95. The van der Waals surface area contributed by atoms with Gasteiger partial charge in [-0.3, -0.25) is 14.2 Å². The molecule has 1 unspecified atom stereocenters. The van der Waals surface area contributed by atoms with E-state index in [0.717, 1.165) is 17.9 Å². The molecule has 1 atom stereocenters. The molecular formula is C13H19N5O. The lowest BCUT2D eigenvalue weighted by Crippen LogP contribution is -2.27. The fourth-order valence-corrected chi connectivity index (χ4v) is 1.85. The average molecular weight is 261 g/mol. The lowest BCUT2D eigenvalue weighted by molar-refractivity contribution is 0.0938. The lowest BCUT2D eigenvalue weighted by Gasteiger charge is -2.11. The van der Waals surface area contributed by atoms with Gasteiger partial charge in [-0.15, -0.1) is 0 Å². The van der Waals surface area contributed by atoms with Crippen LogP contribution in [0.25, 0.3) is 0 Å². The molecule has 0 bridgehead atoms. The molecule has 0 spiro atoms. The van der Waals surface area contributed by atoms with Crippen LogP contribution in [-0.4, -0.2) is 25.5 Å². The first-order chi connectivity index (χ1) is 9.02. The van der Waals surface area contributed by atoms with Gasteiger partial charge in [-0.25, -0.2) is 0 Å². The van der Waals surface area contributed by atoms with Crippen LogP contribution in [0.3, 0.4) is 0 Å². The smallest absolute Gasteiger partial charge is 0.255 e. The van der Waals surface area contributed by atoms with Crippen molar-refractivity contribution in [3.63, 3.8) is 0 Å². The number of aromatic nitrogens is 4. The van der Waals surface area contributed by atoms with Crippen molar-refractivity contribution in [3.8, 4) is 0 Å². The Labute approximate surface area is 112 Å². The Morgan fingerprint density at radius 2 is 2.26 bits per heavy atom. The molecule has 19 heavy (non-hydrogen) atoms. The second-order valence-electron chi connectivity index (χ2n) is 4.56. The zero-order valence-electron chi connectivity index (χ0n) is 11.7. The number of hydrogen-bond acceptors (Lipinski definition) is 3. The maximum absolute atomic E-state index is 12.1. The zero-order chi connectivity index (χ0) is 14.0. The topological polar surface area (TPSA) is 64.7 Å². The van der Waals surface area contributed by atoms with Crippen molar-refractivity contribution >= 4 is 5.91 Å². The molecule has 2 aromatic rings. The molecule has 2 rings (SSSR count). The van der Waals surface area contributed by atoms with Crippen LogP contribution < -0.4 is 5.32 Å². The number of nitrogens with zero attached hydrogens (tertiary/aromatic N) is 4.